The molecule has 0 spiro atoms. The number of imidazole rings is 1. The Morgan fingerprint density at radius 1 is 1.16 bits per heavy atom. The summed E-state index contributed by atoms with van der Waals surface area (Å²) in [5, 5.41) is 0. The van der Waals surface area contributed by atoms with Crippen molar-refractivity contribution in [2.75, 3.05) is 13.2 Å². The zero-order valence-electron chi connectivity index (χ0n) is 21.8. The molecule has 2 aromatic carbocycles. The van der Waals surface area contributed by atoms with Gasteiger partial charge in [0.05, 0.1) is 41.5 Å². The van der Waals surface area contributed by atoms with Gasteiger partial charge >= 0.3 is 13.1 Å². The molecule has 1 aromatic heterocycles. The predicted molar refractivity (Wildman–Crippen MR) is 135 cm³/mol. The first kappa shape index (κ1) is 25.8. The number of halogens is 2. The Balaban J connectivity index is 1.48. The third kappa shape index (κ3) is 4.66. The van der Waals surface area contributed by atoms with Crippen LogP contribution in [0, 0.1) is 11.6 Å². The van der Waals surface area contributed by atoms with Gasteiger partial charge in [0.2, 0.25) is 0 Å². The summed E-state index contributed by atoms with van der Waals surface area (Å²) in [5.74, 6) is -1.31. The lowest BCUT2D eigenvalue weighted by Crippen LogP contribution is -2.41. The minimum atomic E-state index is -0.810. The summed E-state index contributed by atoms with van der Waals surface area (Å²) >= 11 is 0. The second-order valence-electron chi connectivity index (χ2n) is 10.6. The zero-order chi connectivity index (χ0) is 26.5. The van der Waals surface area contributed by atoms with Gasteiger partial charge in [-0.05, 0) is 64.8 Å². The summed E-state index contributed by atoms with van der Waals surface area (Å²) in [5.41, 5.74) is 0.306. The lowest BCUT2D eigenvalue weighted by atomic mass is 9.78. The first-order valence-electron chi connectivity index (χ1n) is 12.6. The smallest absolute Gasteiger partial charge is 0.462 e. The number of hydrogen-bond donors (Lipinski definition) is 0. The number of carbonyl (C=O) groups excluding carboxylic acids is 1. The highest BCUT2D eigenvalue weighted by Gasteiger charge is 2.52. The molecule has 0 N–H and O–H groups in total. The highest BCUT2D eigenvalue weighted by atomic mass is 19.1. The van der Waals surface area contributed by atoms with Gasteiger partial charge in [0.15, 0.2) is 5.82 Å². The summed E-state index contributed by atoms with van der Waals surface area (Å²) in [6.45, 7) is 10.5. The van der Waals surface area contributed by atoms with E-state index in [-0.39, 0.29) is 30.2 Å². The average Bonchev–Trinajstić information content (AvgIpc) is 3.23. The molecule has 2 fully saturated rings. The van der Waals surface area contributed by atoms with Crippen molar-refractivity contribution in [1.29, 1.82) is 0 Å². The molecule has 0 aliphatic carbocycles. The SMILES string of the molecule is CCOC(=O)c1ccc2nc(Cc3ccc(B4OC(C)(C)C(C)(C)O4)c(F)c3)n(C[C@@H]3CCO3)c2c1F. The van der Waals surface area contributed by atoms with Gasteiger partial charge in [-0.15, -0.1) is 0 Å². The summed E-state index contributed by atoms with van der Waals surface area (Å²) in [6, 6.07) is 7.88. The second kappa shape index (κ2) is 9.49. The molecular formula is C27H31BF2N2O5. The highest BCUT2D eigenvalue weighted by molar-refractivity contribution is 6.62. The Morgan fingerprint density at radius 2 is 1.86 bits per heavy atom. The molecular weight excluding hydrogens is 481 g/mol. The van der Waals surface area contributed by atoms with Gasteiger partial charge in [-0.25, -0.2) is 18.6 Å². The van der Waals surface area contributed by atoms with Gasteiger partial charge in [0.25, 0.3) is 0 Å². The second-order valence-corrected chi connectivity index (χ2v) is 10.6. The van der Waals surface area contributed by atoms with E-state index in [1.807, 2.05) is 27.7 Å². The fourth-order valence-electron chi connectivity index (χ4n) is 4.58. The number of aromatic nitrogens is 2. The number of rotatable bonds is 7. The molecule has 0 bridgehead atoms. The van der Waals surface area contributed by atoms with Crippen molar-refractivity contribution in [2.24, 2.45) is 0 Å². The molecule has 0 saturated carbocycles. The first-order valence-corrected chi connectivity index (χ1v) is 12.6. The van der Waals surface area contributed by atoms with E-state index in [2.05, 4.69) is 4.98 Å². The van der Waals surface area contributed by atoms with Crippen LogP contribution in [0.3, 0.4) is 0 Å². The number of ether oxygens (including phenoxy) is 2. The molecule has 0 radical (unpaired) electrons. The number of hydrogen-bond acceptors (Lipinski definition) is 6. The van der Waals surface area contributed by atoms with E-state index in [0.717, 1.165) is 6.42 Å². The van der Waals surface area contributed by atoms with Crippen LogP contribution in [0.25, 0.3) is 11.0 Å². The zero-order valence-corrected chi connectivity index (χ0v) is 21.8. The average molecular weight is 512 g/mol. The summed E-state index contributed by atoms with van der Waals surface area (Å²) < 4.78 is 55.1. The summed E-state index contributed by atoms with van der Waals surface area (Å²) in [4.78, 5) is 16.9. The molecule has 7 nitrogen and oxygen atoms in total. The lowest BCUT2D eigenvalue weighted by Gasteiger charge is -2.32. The van der Waals surface area contributed by atoms with Crippen LogP contribution in [0.5, 0.6) is 0 Å². The van der Waals surface area contributed by atoms with Crippen molar-refractivity contribution < 1.29 is 32.4 Å². The van der Waals surface area contributed by atoms with Gasteiger partial charge in [-0.1, -0.05) is 12.1 Å². The summed E-state index contributed by atoms with van der Waals surface area (Å²) in [6.07, 6.45) is 1.02. The van der Waals surface area contributed by atoms with Gasteiger partial charge in [-0.2, -0.15) is 0 Å². The van der Waals surface area contributed by atoms with Crippen LogP contribution in [-0.2, 0) is 31.7 Å². The standard InChI is InChI=1S/C27H31BF2N2O5/c1-6-34-25(33)18-8-10-21-24(23(18)30)32(15-17-11-12-35-17)22(31-21)14-16-7-9-19(20(29)13-16)28-36-26(2,3)27(4,5)37-28/h7-10,13,17H,6,11-12,14-15H2,1-5H3/t17-/m0/s1. The fourth-order valence-corrected chi connectivity index (χ4v) is 4.58. The Morgan fingerprint density at radius 3 is 2.46 bits per heavy atom. The molecule has 5 rings (SSSR count). The van der Waals surface area contributed by atoms with Crippen molar-refractivity contribution >= 4 is 29.6 Å². The third-order valence-electron chi connectivity index (χ3n) is 7.54. The maximum absolute atomic E-state index is 15.6. The van der Waals surface area contributed by atoms with Crippen molar-refractivity contribution in [1.82, 2.24) is 9.55 Å². The van der Waals surface area contributed by atoms with Crippen molar-refractivity contribution in [3.8, 4) is 0 Å². The highest BCUT2D eigenvalue weighted by Crippen LogP contribution is 2.36. The number of esters is 1. The molecule has 196 valence electrons. The van der Waals surface area contributed by atoms with Crippen LogP contribution in [0.1, 0.15) is 62.8 Å². The van der Waals surface area contributed by atoms with Crippen molar-refractivity contribution in [3.63, 3.8) is 0 Å². The van der Waals surface area contributed by atoms with E-state index < -0.39 is 35.9 Å². The maximum Gasteiger partial charge on any atom is 0.497 e. The minimum absolute atomic E-state index is 0.0794. The molecule has 0 amide bonds. The monoisotopic (exact) mass is 512 g/mol. The maximum atomic E-state index is 15.6. The van der Waals surface area contributed by atoms with Crippen LogP contribution in [0.4, 0.5) is 8.78 Å². The van der Waals surface area contributed by atoms with Crippen molar-refractivity contribution in [3.05, 3.63) is 58.9 Å². The van der Waals surface area contributed by atoms with Crippen LogP contribution in [0.15, 0.2) is 30.3 Å². The predicted octanol–water partition coefficient (Wildman–Crippen LogP) is 4.17. The van der Waals surface area contributed by atoms with Crippen LogP contribution < -0.4 is 5.46 Å². The number of nitrogens with zero attached hydrogens (tertiary/aromatic N) is 2. The fraction of sp³-hybridized carbons (Fsp3) is 0.481. The van der Waals surface area contributed by atoms with Gasteiger partial charge < -0.3 is 23.3 Å². The van der Waals surface area contributed by atoms with Crippen LogP contribution in [0.2, 0.25) is 0 Å². The minimum Gasteiger partial charge on any atom is -0.462 e. The molecule has 2 aliphatic rings. The first-order chi connectivity index (χ1) is 17.5. The molecule has 10 heteroatoms. The molecule has 3 heterocycles. The molecule has 37 heavy (non-hydrogen) atoms. The van der Waals surface area contributed by atoms with Crippen LogP contribution >= 0.6 is 0 Å². The van der Waals surface area contributed by atoms with E-state index in [0.29, 0.717) is 35.5 Å². The van der Waals surface area contributed by atoms with E-state index in [1.54, 1.807) is 29.7 Å². The third-order valence-corrected chi connectivity index (χ3v) is 7.54. The molecule has 3 aromatic rings. The quantitative estimate of drug-likeness (QED) is 0.350. The van der Waals surface area contributed by atoms with Gasteiger partial charge in [0.1, 0.15) is 17.2 Å². The molecule has 0 unspecified atom stereocenters. The molecule has 1 atom stereocenters. The van der Waals surface area contributed by atoms with E-state index in [4.69, 9.17) is 18.8 Å². The van der Waals surface area contributed by atoms with E-state index >= 15 is 8.78 Å². The van der Waals surface area contributed by atoms with Crippen molar-refractivity contribution in [2.45, 2.75) is 71.3 Å². The Hall–Kier alpha value is -2.82. The number of fused-ring (bicyclic) bond motifs is 1. The lowest BCUT2D eigenvalue weighted by molar-refractivity contribution is -0.0590. The Labute approximate surface area is 215 Å². The Bertz CT molecular complexity index is 1340. The molecule has 2 saturated heterocycles. The van der Waals surface area contributed by atoms with Gasteiger partial charge in [-0.3, -0.25) is 0 Å². The normalized spacial score (nSPS) is 20.3. The molecule has 2 aliphatic heterocycles. The van der Waals surface area contributed by atoms with Crippen LogP contribution in [-0.4, -0.2) is 53.2 Å². The van der Waals surface area contributed by atoms with E-state index in [9.17, 15) is 4.79 Å². The largest absolute Gasteiger partial charge is 0.497 e. The Kier molecular flexibility index (Phi) is 6.62. The number of carbonyl (C=O) groups is 1. The summed E-state index contributed by atoms with van der Waals surface area (Å²) in [7, 11) is -0.810. The van der Waals surface area contributed by atoms with Gasteiger partial charge in [0, 0.05) is 18.5 Å². The van der Waals surface area contributed by atoms with E-state index in [1.165, 1.54) is 12.1 Å². The number of benzene rings is 2. The topological polar surface area (TPSA) is 71.8 Å².